The number of nitrogens with one attached hydrogen (secondary N) is 1. The van der Waals surface area contributed by atoms with Gasteiger partial charge in [0.25, 0.3) is 5.91 Å². The Balaban J connectivity index is 1.88. The predicted molar refractivity (Wildman–Crippen MR) is 129 cm³/mol. The van der Waals surface area contributed by atoms with Crippen molar-refractivity contribution < 1.29 is 24.5 Å². The number of phenolic OH excluding ortho intramolecular Hbond substituents is 1. The Labute approximate surface area is 199 Å². The number of phenols is 1. The Morgan fingerprint density at radius 1 is 1.12 bits per heavy atom. The fourth-order valence-corrected chi connectivity index (χ4v) is 4.52. The van der Waals surface area contributed by atoms with Gasteiger partial charge in [-0.3, -0.25) is 9.89 Å². The molecular weight excluding hydrogens is 434 g/mol. The highest BCUT2D eigenvalue weighted by molar-refractivity contribution is 6.00. The first-order valence-corrected chi connectivity index (χ1v) is 11.6. The van der Waals surface area contributed by atoms with Crippen LogP contribution in [0.3, 0.4) is 0 Å². The van der Waals surface area contributed by atoms with Crippen LogP contribution < -0.4 is 9.47 Å². The summed E-state index contributed by atoms with van der Waals surface area (Å²) in [7, 11) is 0. The van der Waals surface area contributed by atoms with Gasteiger partial charge in [-0.2, -0.15) is 5.10 Å². The second-order valence-electron chi connectivity index (χ2n) is 8.45. The number of fused-ring (bicyclic) bond motifs is 1. The number of rotatable bonds is 9. The third kappa shape index (κ3) is 4.09. The van der Waals surface area contributed by atoms with Crippen molar-refractivity contribution in [1.82, 2.24) is 15.1 Å². The van der Waals surface area contributed by atoms with Crippen LogP contribution in [0.1, 0.15) is 59.1 Å². The molecule has 1 aliphatic rings. The number of aromatic nitrogens is 2. The van der Waals surface area contributed by atoms with Crippen LogP contribution in [0.2, 0.25) is 0 Å². The molecule has 1 amide bonds. The largest absolute Gasteiger partial charge is 0.507 e. The minimum atomic E-state index is -0.511. The number of carbonyl (C=O) groups excluding carboxylic acids is 1. The number of benzene rings is 2. The Kier molecular flexibility index (Phi) is 6.79. The number of β-amino-alcohol motifs (C(OH)–C–C–N with tert-alkyl or cyclic N) is 1. The van der Waals surface area contributed by atoms with E-state index in [1.54, 1.807) is 4.90 Å². The SMILES string of the molecule is CCCOc1ccc(C2c3c(-c4cc(C)cc(C)c4O)n[nH]c3C(=O)N2CCO)cc1OCC. The molecule has 4 rings (SSSR count). The summed E-state index contributed by atoms with van der Waals surface area (Å²) in [6.07, 6.45) is 0.871. The van der Waals surface area contributed by atoms with Gasteiger partial charge in [-0.1, -0.05) is 19.1 Å². The number of carbonyl (C=O) groups is 1. The van der Waals surface area contributed by atoms with Crippen LogP contribution in [0, 0.1) is 13.8 Å². The number of aromatic hydroxyl groups is 1. The molecule has 0 saturated heterocycles. The molecule has 3 aromatic rings. The van der Waals surface area contributed by atoms with Crippen molar-refractivity contribution in [1.29, 1.82) is 0 Å². The molecule has 180 valence electrons. The van der Waals surface area contributed by atoms with Crippen LogP contribution >= 0.6 is 0 Å². The summed E-state index contributed by atoms with van der Waals surface area (Å²) in [5.41, 5.74) is 4.62. The van der Waals surface area contributed by atoms with Crippen LogP contribution in [-0.2, 0) is 0 Å². The van der Waals surface area contributed by atoms with Crippen molar-refractivity contribution >= 4 is 5.91 Å². The quantitative estimate of drug-likeness (QED) is 0.439. The molecule has 0 fully saturated rings. The van der Waals surface area contributed by atoms with Gasteiger partial charge in [0.05, 0.1) is 25.9 Å². The second-order valence-corrected chi connectivity index (χ2v) is 8.45. The number of ether oxygens (including phenoxy) is 2. The maximum Gasteiger partial charge on any atom is 0.273 e. The van der Waals surface area contributed by atoms with E-state index in [0.29, 0.717) is 47.2 Å². The Morgan fingerprint density at radius 3 is 2.62 bits per heavy atom. The lowest BCUT2D eigenvalue weighted by molar-refractivity contribution is 0.0706. The molecule has 1 unspecified atom stereocenters. The van der Waals surface area contributed by atoms with Crippen molar-refractivity contribution in [3.63, 3.8) is 0 Å². The third-order valence-electron chi connectivity index (χ3n) is 5.95. The van der Waals surface area contributed by atoms with Crippen LogP contribution in [0.25, 0.3) is 11.3 Å². The molecule has 2 heterocycles. The first-order valence-electron chi connectivity index (χ1n) is 11.6. The number of amides is 1. The summed E-state index contributed by atoms with van der Waals surface area (Å²) in [5, 5.41) is 27.8. The van der Waals surface area contributed by atoms with Crippen LogP contribution in [-0.4, -0.2) is 57.6 Å². The van der Waals surface area contributed by atoms with Gasteiger partial charge in [-0.25, -0.2) is 0 Å². The second kappa shape index (κ2) is 9.77. The van der Waals surface area contributed by atoms with Gasteiger partial charge in [0.15, 0.2) is 11.5 Å². The van der Waals surface area contributed by atoms with Gasteiger partial charge >= 0.3 is 0 Å². The lowest BCUT2D eigenvalue weighted by atomic mass is 9.94. The first kappa shape index (κ1) is 23.6. The molecule has 3 N–H and O–H groups in total. The van der Waals surface area contributed by atoms with E-state index in [1.807, 2.05) is 58.0 Å². The summed E-state index contributed by atoms with van der Waals surface area (Å²) in [6.45, 7) is 8.74. The zero-order valence-electron chi connectivity index (χ0n) is 20.0. The molecule has 2 aromatic carbocycles. The summed E-state index contributed by atoms with van der Waals surface area (Å²) < 4.78 is 11.7. The van der Waals surface area contributed by atoms with Crippen molar-refractivity contribution in [2.75, 3.05) is 26.4 Å². The minimum absolute atomic E-state index is 0.130. The Hall–Kier alpha value is -3.52. The number of aryl methyl sites for hydroxylation is 2. The highest BCUT2D eigenvalue weighted by Crippen LogP contribution is 2.46. The molecule has 0 radical (unpaired) electrons. The van der Waals surface area contributed by atoms with E-state index in [4.69, 9.17) is 9.47 Å². The average molecular weight is 466 g/mol. The molecule has 8 nitrogen and oxygen atoms in total. The number of aliphatic hydroxyl groups is 1. The van der Waals surface area contributed by atoms with Crippen molar-refractivity contribution in [3.8, 4) is 28.5 Å². The number of aromatic amines is 1. The summed E-state index contributed by atoms with van der Waals surface area (Å²) >= 11 is 0. The fraction of sp³-hybridized carbons (Fsp3) is 0.385. The van der Waals surface area contributed by atoms with E-state index in [-0.39, 0.29) is 24.8 Å². The number of hydrogen-bond donors (Lipinski definition) is 3. The molecule has 34 heavy (non-hydrogen) atoms. The molecule has 0 spiro atoms. The minimum Gasteiger partial charge on any atom is -0.507 e. The molecule has 1 aliphatic heterocycles. The average Bonchev–Trinajstić information content (AvgIpc) is 3.35. The normalized spacial score (nSPS) is 15.0. The summed E-state index contributed by atoms with van der Waals surface area (Å²) in [4.78, 5) is 14.9. The summed E-state index contributed by atoms with van der Waals surface area (Å²) in [5.74, 6) is 1.12. The van der Waals surface area contributed by atoms with Gasteiger partial charge in [0.2, 0.25) is 0 Å². The Bertz CT molecular complexity index is 1200. The topological polar surface area (TPSA) is 108 Å². The molecule has 8 heteroatoms. The zero-order valence-corrected chi connectivity index (χ0v) is 20.0. The number of hydrogen-bond acceptors (Lipinski definition) is 6. The van der Waals surface area contributed by atoms with Gasteiger partial charge < -0.3 is 24.6 Å². The number of nitrogens with zero attached hydrogens (tertiary/aromatic N) is 2. The maximum atomic E-state index is 13.3. The van der Waals surface area contributed by atoms with Crippen molar-refractivity contribution in [2.24, 2.45) is 0 Å². The van der Waals surface area contributed by atoms with E-state index in [0.717, 1.165) is 23.1 Å². The van der Waals surface area contributed by atoms with Crippen LogP contribution in [0.15, 0.2) is 30.3 Å². The molecule has 0 aliphatic carbocycles. The van der Waals surface area contributed by atoms with Gasteiger partial charge in [-0.15, -0.1) is 0 Å². The standard InChI is InChI=1S/C26H31N3O5/c1-5-11-34-19-8-7-17(14-20(19)33-6-2)24-21-22(18-13-15(3)12-16(4)25(18)31)27-28-23(21)26(32)29(24)9-10-30/h7-8,12-14,24,30-31H,5-6,9-11H2,1-4H3,(H,27,28). The van der Waals surface area contributed by atoms with Crippen LogP contribution in [0.4, 0.5) is 0 Å². The van der Waals surface area contributed by atoms with E-state index in [1.165, 1.54) is 0 Å². The summed E-state index contributed by atoms with van der Waals surface area (Å²) in [6, 6.07) is 8.89. The highest BCUT2D eigenvalue weighted by atomic mass is 16.5. The fourth-order valence-electron chi connectivity index (χ4n) is 4.52. The zero-order chi connectivity index (χ0) is 24.4. The maximum absolute atomic E-state index is 13.3. The molecule has 0 bridgehead atoms. The first-order chi connectivity index (χ1) is 16.4. The predicted octanol–water partition coefficient (Wildman–Crippen LogP) is 4.12. The van der Waals surface area contributed by atoms with Gasteiger partial charge in [0, 0.05) is 17.7 Å². The monoisotopic (exact) mass is 465 g/mol. The van der Waals surface area contributed by atoms with Crippen LogP contribution in [0.5, 0.6) is 17.2 Å². The molecular formula is C26H31N3O5. The molecule has 0 saturated carbocycles. The number of aliphatic hydroxyl groups excluding tert-OH is 1. The van der Waals surface area contributed by atoms with E-state index in [2.05, 4.69) is 10.2 Å². The molecule has 1 aromatic heterocycles. The highest BCUT2D eigenvalue weighted by Gasteiger charge is 2.42. The lowest BCUT2D eigenvalue weighted by Crippen LogP contribution is -2.32. The van der Waals surface area contributed by atoms with E-state index < -0.39 is 6.04 Å². The van der Waals surface area contributed by atoms with E-state index in [9.17, 15) is 15.0 Å². The molecule has 1 atom stereocenters. The smallest absolute Gasteiger partial charge is 0.273 e. The van der Waals surface area contributed by atoms with Crippen molar-refractivity contribution in [3.05, 3.63) is 58.3 Å². The van der Waals surface area contributed by atoms with E-state index >= 15 is 0 Å². The third-order valence-corrected chi connectivity index (χ3v) is 5.95. The number of H-pyrrole nitrogens is 1. The van der Waals surface area contributed by atoms with Crippen molar-refractivity contribution in [2.45, 2.75) is 40.2 Å². The van der Waals surface area contributed by atoms with Gasteiger partial charge in [0.1, 0.15) is 17.1 Å². The van der Waals surface area contributed by atoms with Gasteiger partial charge in [-0.05, 0) is 62.1 Å². The Morgan fingerprint density at radius 2 is 1.91 bits per heavy atom. The lowest BCUT2D eigenvalue weighted by Gasteiger charge is -2.26.